The van der Waals surface area contributed by atoms with Crippen LogP contribution in [0, 0.1) is 11.3 Å². The predicted molar refractivity (Wildman–Crippen MR) is 81.1 cm³/mol. The molecule has 1 aliphatic rings. The van der Waals surface area contributed by atoms with Crippen LogP contribution in [0.4, 0.5) is 0 Å². The van der Waals surface area contributed by atoms with E-state index < -0.39 is 0 Å². The molecule has 0 spiro atoms. The van der Waals surface area contributed by atoms with Gasteiger partial charge in [-0.15, -0.1) is 5.10 Å². The third-order valence-corrected chi connectivity index (χ3v) is 5.01. The van der Waals surface area contributed by atoms with Crippen molar-refractivity contribution in [2.24, 2.45) is 0 Å². The maximum atomic E-state index is 8.85. The average Bonchev–Trinajstić information content (AvgIpc) is 3.16. The fourth-order valence-corrected chi connectivity index (χ4v) is 3.81. The van der Waals surface area contributed by atoms with E-state index in [-0.39, 0.29) is 0 Å². The van der Waals surface area contributed by atoms with Crippen LogP contribution in [-0.2, 0) is 5.75 Å². The van der Waals surface area contributed by atoms with Crippen molar-refractivity contribution in [2.75, 3.05) is 0 Å². The molecule has 1 aromatic heterocycles. The van der Waals surface area contributed by atoms with Gasteiger partial charge in [0.25, 0.3) is 0 Å². The van der Waals surface area contributed by atoms with Crippen molar-refractivity contribution in [3.8, 4) is 6.07 Å². The molecule has 0 atom stereocenters. The number of rotatable bonds is 4. The predicted octanol–water partition coefficient (Wildman–Crippen LogP) is 3.61. The Hall–Kier alpha value is -1.58. The van der Waals surface area contributed by atoms with Crippen LogP contribution in [0.5, 0.6) is 0 Å². The molecule has 0 aliphatic heterocycles. The molecule has 0 saturated heterocycles. The summed E-state index contributed by atoms with van der Waals surface area (Å²) in [5.74, 6) is 0.692. The van der Waals surface area contributed by atoms with Crippen molar-refractivity contribution >= 4 is 23.4 Å². The lowest BCUT2D eigenvalue weighted by atomic mass is 10.2. The molecule has 1 saturated carbocycles. The first-order valence-corrected chi connectivity index (χ1v) is 8.23. The first kappa shape index (κ1) is 14.4. The van der Waals surface area contributed by atoms with Crippen LogP contribution in [0.3, 0.4) is 0 Å². The third kappa shape index (κ3) is 3.20. The second kappa shape index (κ2) is 6.46. The number of hydrogen-bond acceptors (Lipinski definition) is 5. The van der Waals surface area contributed by atoms with Gasteiger partial charge in [0.2, 0.25) is 5.16 Å². The Bertz CT molecular complexity index is 672. The number of hydrogen-bond donors (Lipinski definition) is 0. The molecule has 0 amide bonds. The lowest BCUT2D eigenvalue weighted by Crippen LogP contribution is -2.08. The SMILES string of the molecule is N#Cc1ccc(CSc2nnnn2C2CCCC2)c(Cl)c1. The van der Waals surface area contributed by atoms with Gasteiger partial charge >= 0.3 is 0 Å². The zero-order valence-electron chi connectivity index (χ0n) is 11.4. The topological polar surface area (TPSA) is 67.4 Å². The minimum Gasteiger partial charge on any atom is -0.217 e. The van der Waals surface area contributed by atoms with E-state index in [0.29, 0.717) is 22.4 Å². The summed E-state index contributed by atoms with van der Waals surface area (Å²) in [5, 5.41) is 22.3. The molecule has 0 unspecified atom stereocenters. The van der Waals surface area contributed by atoms with Crippen LogP contribution in [-0.4, -0.2) is 20.2 Å². The molecule has 1 aliphatic carbocycles. The van der Waals surface area contributed by atoms with E-state index in [2.05, 4.69) is 21.6 Å². The minimum atomic E-state index is 0.430. The Labute approximate surface area is 132 Å². The standard InChI is InChI=1S/C14H14ClN5S/c15-13-7-10(8-16)5-6-11(13)9-21-14-17-18-19-20(14)12-3-1-2-4-12/h5-7,12H,1-4,9H2. The summed E-state index contributed by atoms with van der Waals surface area (Å²) < 4.78 is 1.94. The summed E-state index contributed by atoms with van der Waals surface area (Å²) in [5.41, 5.74) is 1.56. The van der Waals surface area contributed by atoms with Crippen LogP contribution >= 0.6 is 23.4 Å². The number of benzene rings is 1. The van der Waals surface area contributed by atoms with Gasteiger partial charge < -0.3 is 0 Å². The van der Waals surface area contributed by atoms with Crippen molar-refractivity contribution in [3.05, 3.63) is 34.3 Å². The highest BCUT2D eigenvalue weighted by molar-refractivity contribution is 7.98. The van der Waals surface area contributed by atoms with Gasteiger partial charge in [-0.2, -0.15) is 5.26 Å². The third-order valence-electron chi connectivity index (χ3n) is 3.67. The number of tetrazole rings is 1. The van der Waals surface area contributed by atoms with Gasteiger partial charge in [-0.25, -0.2) is 4.68 Å². The molecule has 7 heteroatoms. The molecule has 1 heterocycles. The van der Waals surface area contributed by atoms with Crippen molar-refractivity contribution in [3.63, 3.8) is 0 Å². The highest BCUT2D eigenvalue weighted by Gasteiger charge is 2.21. The van der Waals surface area contributed by atoms with E-state index in [1.165, 1.54) is 12.8 Å². The maximum absolute atomic E-state index is 8.85. The van der Waals surface area contributed by atoms with Gasteiger partial charge in [-0.05, 0) is 41.0 Å². The summed E-state index contributed by atoms with van der Waals surface area (Å²) in [4.78, 5) is 0. The second-order valence-corrected chi connectivity index (χ2v) is 6.40. The molecule has 0 bridgehead atoms. The molecule has 1 aromatic carbocycles. The highest BCUT2D eigenvalue weighted by Crippen LogP contribution is 2.33. The van der Waals surface area contributed by atoms with Gasteiger partial charge in [0, 0.05) is 10.8 Å². The molecule has 5 nitrogen and oxygen atoms in total. The lowest BCUT2D eigenvalue weighted by Gasteiger charge is -2.11. The van der Waals surface area contributed by atoms with Gasteiger partial charge in [-0.1, -0.05) is 42.3 Å². The molecular weight excluding hydrogens is 306 g/mol. The van der Waals surface area contributed by atoms with Crippen molar-refractivity contribution < 1.29 is 0 Å². The Morgan fingerprint density at radius 3 is 2.90 bits per heavy atom. The van der Waals surface area contributed by atoms with Crippen LogP contribution in [0.15, 0.2) is 23.4 Å². The largest absolute Gasteiger partial charge is 0.217 e. The van der Waals surface area contributed by atoms with E-state index in [0.717, 1.165) is 23.6 Å². The Morgan fingerprint density at radius 1 is 1.38 bits per heavy atom. The number of halogens is 1. The maximum Gasteiger partial charge on any atom is 0.209 e. The van der Waals surface area contributed by atoms with E-state index in [9.17, 15) is 0 Å². The van der Waals surface area contributed by atoms with Crippen LogP contribution in [0.1, 0.15) is 42.9 Å². The van der Waals surface area contributed by atoms with Crippen LogP contribution in [0.25, 0.3) is 0 Å². The molecule has 21 heavy (non-hydrogen) atoms. The van der Waals surface area contributed by atoms with Crippen molar-refractivity contribution in [2.45, 2.75) is 42.6 Å². The lowest BCUT2D eigenvalue weighted by molar-refractivity contribution is 0.423. The summed E-state index contributed by atoms with van der Waals surface area (Å²) in [6, 6.07) is 7.87. The molecule has 0 radical (unpaired) electrons. The zero-order chi connectivity index (χ0) is 14.7. The van der Waals surface area contributed by atoms with Gasteiger partial charge in [0.15, 0.2) is 0 Å². The second-order valence-electron chi connectivity index (χ2n) is 5.05. The highest BCUT2D eigenvalue weighted by atomic mass is 35.5. The smallest absolute Gasteiger partial charge is 0.209 e. The monoisotopic (exact) mass is 319 g/mol. The molecule has 108 valence electrons. The molecule has 3 rings (SSSR count). The first-order valence-electron chi connectivity index (χ1n) is 6.87. The van der Waals surface area contributed by atoms with Crippen LogP contribution < -0.4 is 0 Å². The van der Waals surface area contributed by atoms with Crippen molar-refractivity contribution in [1.29, 1.82) is 5.26 Å². The summed E-state index contributed by atoms with van der Waals surface area (Å²) >= 11 is 7.77. The quantitative estimate of drug-likeness (QED) is 0.805. The summed E-state index contributed by atoms with van der Waals surface area (Å²) in [6.07, 6.45) is 4.79. The van der Waals surface area contributed by atoms with Gasteiger partial charge in [0.05, 0.1) is 17.7 Å². The van der Waals surface area contributed by atoms with Crippen LogP contribution in [0.2, 0.25) is 5.02 Å². The van der Waals surface area contributed by atoms with E-state index in [1.807, 2.05) is 10.7 Å². The average molecular weight is 320 g/mol. The normalized spacial score (nSPS) is 15.2. The minimum absolute atomic E-state index is 0.430. The van der Waals surface area contributed by atoms with Crippen molar-refractivity contribution in [1.82, 2.24) is 20.2 Å². The number of nitrogens with zero attached hydrogens (tertiary/aromatic N) is 5. The fraction of sp³-hybridized carbons (Fsp3) is 0.429. The Morgan fingerprint density at radius 2 is 2.19 bits per heavy atom. The van der Waals surface area contributed by atoms with Gasteiger partial charge in [-0.3, -0.25) is 0 Å². The summed E-state index contributed by atoms with van der Waals surface area (Å²) in [7, 11) is 0. The number of nitriles is 1. The zero-order valence-corrected chi connectivity index (χ0v) is 12.9. The summed E-state index contributed by atoms with van der Waals surface area (Å²) in [6.45, 7) is 0. The van der Waals surface area contributed by atoms with E-state index >= 15 is 0 Å². The molecule has 2 aromatic rings. The van der Waals surface area contributed by atoms with E-state index in [1.54, 1.807) is 23.9 Å². The Balaban J connectivity index is 1.71. The molecule has 0 N–H and O–H groups in total. The Kier molecular flexibility index (Phi) is 4.42. The van der Waals surface area contributed by atoms with E-state index in [4.69, 9.17) is 16.9 Å². The fourth-order valence-electron chi connectivity index (χ4n) is 2.53. The van der Waals surface area contributed by atoms with Gasteiger partial charge in [0.1, 0.15) is 0 Å². The molecule has 1 fully saturated rings. The first-order chi connectivity index (χ1) is 10.3. The number of aromatic nitrogens is 4. The number of thioether (sulfide) groups is 1. The molecular formula is C14H14ClN5S.